The molecule has 1 aromatic heterocycles. The number of para-hydroxylation sites is 1. The number of benzene rings is 2. The molecule has 1 aliphatic rings. The fourth-order valence-electron chi connectivity index (χ4n) is 3.14. The van der Waals surface area contributed by atoms with Gasteiger partial charge in [-0.05, 0) is 46.6 Å². The number of aromatic nitrogens is 2. The third-order valence-corrected chi connectivity index (χ3v) is 5.04. The number of nitrogens with zero attached hydrogens (tertiary/aromatic N) is 3. The number of halogens is 1. The van der Waals surface area contributed by atoms with Crippen molar-refractivity contribution in [3.05, 3.63) is 58.6 Å². The van der Waals surface area contributed by atoms with Gasteiger partial charge < -0.3 is 10.2 Å². The van der Waals surface area contributed by atoms with E-state index in [1.165, 1.54) is 11.3 Å². The summed E-state index contributed by atoms with van der Waals surface area (Å²) in [6.45, 7) is 0.956. The molecule has 122 valence electrons. The molecule has 4 rings (SSSR count). The summed E-state index contributed by atoms with van der Waals surface area (Å²) in [6.07, 6.45) is 1.00. The van der Waals surface area contributed by atoms with Crippen LogP contribution in [0.4, 0.5) is 11.5 Å². The van der Waals surface area contributed by atoms with Crippen molar-refractivity contribution in [3.63, 3.8) is 0 Å². The van der Waals surface area contributed by atoms with Gasteiger partial charge in [0, 0.05) is 41.9 Å². The Kier molecular flexibility index (Phi) is 3.81. The number of anilines is 2. The summed E-state index contributed by atoms with van der Waals surface area (Å²) in [7, 11) is 4.12. The molecule has 0 amide bonds. The topological polar surface area (TPSA) is 33.1 Å². The van der Waals surface area contributed by atoms with Gasteiger partial charge in [-0.2, -0.15) is 5.10 Å². The number of nitrogens with one attached hydrogen (secondary N) is 1. The number of fused-ring (bicyclic) bond motifs is 1. The lowest BCUT2D eigenvalue weighted by Gasteiger charge is -2.13. The predicted octanol–water partition coefficient (Wildman–Crippen LogP) is 4.34. The molecule has 0 saturated carbocycles. The molecule has 0 aliphatic carbocycles. The minimum absolute atomic E-state index is 0.956. The lowest BCUT2D eigenvalue weighted by atomic mass is 10.1. The van der Waals surface area contributed by atoms with E-state index in [0.717, 1.165) is 40.2 Å². The second kappa shape index (κ2) is 5.98. The Bertz CT molecular complexity index is 898. The van der Waals surface area contributed by atoms with Crippen LogP contribution in [0.25, 0.3) is 16.9 Å². The Morgan fingerprint density at radius 3 is 2.75 bits per heavy atom. The van der Waals surface area contributed by atoms with E-state index in [0.29, 0.717) is 0 Å². The predicted molar refractivity (Wildman–Crippen MR) is 103 cm³/mol. The number of hydrogen-bond donors (Lipinski definition) is 1. The SMILES string of the molecule is CN(C)c1cccc(-c2nn(-c3ccccc3Br)c3c2CCN3)c1. The Labute approximate surface area is 150 Å². The van der Waals surface area contributed by atoms with Gasteiger partial charge >= 0.3 is 0 Å². The average Bonchev–Trinajstić information content (AvgIpc) is 3.18. The van der Waals surface area contributed by atoms with Crippen LogP contribution in [0.2, 0.25) is 0 Å². The highest BCUT2D eigenvalue weighted by atomic mass is 79.9. The fourth-order valence-corrected chi connectivity index (χ4v) is 3.59. The maximum Gasteiger partial charge on any atom is 0.133 e. The quantitative estimate of drug-likeness (QED) is 0.731. The molecule has 4 nitrogen and oxygen atoms in total. The lowest BCUT2D eigenvalue weighted by molar-refractivity contribution is 0.878. The van der Waals surface area contributed by atoms with Crippen LogP contribution in [0.3, 0.4) is 0 Å². The standard InChI is InChI=1S/C19H19BrN4/c1-23(2)14-7-5-6-13(12-14)18-15-10-11-21-19(15)24(22-18)17-9-4-3-8-16(17)20/h3-9,12,21H,10-11H2,1-2H3. The van der Waals surface area contributed by atoms with Crippen LogP contribution in [0.1, 0.15) is 5.56 Å². The summed E-state index contributed by atoms with van der Waals surface area (Å²) in [5.41, 5.74) is 5.75. The van der Waals surface area contributed by atoms with Crippen LogP contribution in [-0.2, 0) is 6.42 Å². The van der Waals surface area contributed by atoms with E-state index < -0.39 is 0 Å². The molecular weight excluding hydrogens is 364 g/mol. The molecular formula is C19H19BrN4. The van der Waals surface area contributed by atoms with Crippen molar-refractivity contribution in [2.75, 3.05) is 30.9 Å². The molecule has 2 heterocycles. The van der Waals surface area contributed by atoms with Crippen LogP contribution in [0.15, 0.2) is 53.0 Å². The zero-order valence-electron chi connectivity index (χ0n) is 13.8. The highest BCUT2D eigenvalue weighted by molar-refractivity contribution is 9.10. The van der Waals surface area contributed by atoms with Crippen molar-refractivity contribution in [1.29, 1.82) is 0 Å². The molecule has 3 aromatic rings. The van der Waals surface area contributed by atoms with Gasteiger partial charge in [0.05, 0.1) is 11.4 Å². The molecule has 24 heavy (non-hydrogen) atoms. The van der Waals surface area contributed by atoms with Crippen molar-refractivity contribution in [2.45, 2.75) is 6.42 Å². The zero-order valence-corrected chi connectivity index (χ0v) is 15.3. The summed E-state index contributed by atoms with van der Waals surface area (Å²) < 4.78 is 3.06. The molecule has 0 fully saturated rings. The van der Waals surface area contributed by atoms with Crippen LogP contribution < -0.4 is 10.2 Å². The monoisotopic (exact) mass is 382 g/mol. The first-order chi connectivity index (χ1) is 11.6. The maximum atomic E-state index is 4.94. The summed E-state index contributed by atoms with van der Waals surface area (Å²) in [5, 5.41) is 8.43. The molecule has 0 spiro atoms. The highest BCUT2D eigenvalue weighted by Gasteiger charge is 2.24. The van der Waals surface area contributed by atoms with Crippen LogP contribution in [0.5, 0.6) is 0 Å². The second-order valence-corrected chi connectivity index (χ2v) is 7.01. The summed E-state index contributed by atoms with van der Waals surface area (Å²) in [6, 6.07) is 16.7. The van der Waals surface area contributed by atoms with Gasteiger partial charge in [-0.15, -0.1) is 0 Å². The van der Waals surface area contributed by atoms with E-state index in [2.05, 4.69) is 70.6 Å². The van der Waals surface area contributed by atoms with Gasteiger partial charge in [0.1, 0.15) is 5.82 Å². The first kappa shape index (κ1) is 15.3. The molecule has 1 N–H and O–H groups in total. The van der Waals surface area contributed by atoms with Gasteiger partial charge in [0.2, 0.25) is 0 Å². The van der Waals surface area contributed by atoms with Crippen molar-refractivity contribution in [1.82, 2.24) is 9.78 Å². The Balaban J connectivity index is 1.88. The van der Waals surface area contributed by atoms with E-state index in [9.17, 15) is 0 Å². The van der Waals surface area contributed by atoms with Crippen molar-refractivity contribution in [2.24, 2.45) is 0 Å². The molecule has 5 heteroatoms. The molecule has 1 aliphatic heterocycles. The molecule has 0 bridgehead atoms. The van der Waals surface area contributed by atoms with Gasteiger partial charge in [-0.25, -0.2) is 4.68 Å². The average molecular weight is 383 g/mol. The molecule has 0 radical (unpaired) electrons. The van der Waals surface area contributed by atoms with Crippen LogP contribution in [-0.4, -0.2) is 30.4 Å². The van der Waals surface area contributed by atoms with Crippen LogP contribution in [0, 0.1) is 0 Å². The molecule has 0 unspecified atom stereocenters. The normalized spacial score (nSPS) is 12.8. The van der Waals surface area contributed by atoms with E-state index in [1.807, 2.05) is 22.9 Å². The Morgan fingerprint density at radius 1 is 1.12 bits per heavy atom. The summed E-state index contributed by atoms with van der Waals surface area (Å²) in [4.78, 5) is 2.12. The smallest absolute Gasteiger partial charge is 0.133 e. The second-order valence-electron chi connectivity index (χ2n) is 6.16. The summed E-state index contributed by atoms with van der Waals surface area (Å²) >= 11 is 3.64. The minimum atomic E-state index is 0.956. The minimum Gasteiger partial charge on any atom is -0.378 e. The third kappa shape index (κ3) is 2.49. The van der Waals surface area contributed by atoms with E-state index >= 15 is 0 Å². The van der Waals surface area contributed by atoms with E-state index in [-0.39, 0.29) is 0 Å². The van der Waals surface area contributed by atoms with Crippen LogP contribution >= 0.6 is 15.9 Å². The van der Waals surface area contributed by atoms with Gasteiger partial charge in [-0.1, -0.05) is 24.3 Å². The Hall–Kier alpha value is -2.27. The number of rotatable bonds is 3. The largest absolute Gasteiger partial charge is 0.378 e. The lowest BCUT2D eigenvalue weighted by Crippen LogP contribution is -2.08. The first-order valence-electron chi connectivity index (χ1n) is 8.03. The van der Waals surface area contributed by atoms with Gasteiger partial charge in [0.25, 0.3) is 0 Å². The van der Waals surface area contributed by atoms with Gasteiger partial charge in [-0.3, -0.25) is 0 Å². The number of hydrogen-bond acceptors (Lipinski definition) is 3. The Morgan fingerprint density at radius 2 is 1.96 bits per heavy atom. The van der Waals surface area contributed by atoms with Gasteiger partial charge in [0.15, 0.2) is 0 Å². The zero-order chi connectivity index (χ0) is 16.7. The molecule has 2 aromatic carbocycles. The highest BCUT2D eigenvalue weighted by Crippen LogP contribution is 2.36. The molecule has 0 saturated heterocycles. The van der Waals surface area contributed by atoms with Crippen molar-refractivity contribution < 1.29 is 0 Å². The maximum absolute atomic E-state index is 4.94. The van der Waals surface area contributed by atoms with Crippen molar-refractivity contribution in [3.8, 4) is 16.9 Å². The first-order valence-corrected chi connectivity index (χ1v) is 8.83. The summed E-state index contributed by atoms with van der Waals surface area (Å²) in [5.74, 6) is 1.10. The fraction of sp³-hybridized carbons (Fsp3) is 0.211. The third-order valence-electron chi connectivity index (χ3n) is 4.37. The van der Waals surface area contributed by atoms with E-state index in [1.54, 1.807) is 0 Å². The van der Waals surface area contributed by atoms with E-state index in [4.69, 9.17) is 5.10 Å². The molecule has 0 atom stereocenters. The van der Waals surface area contributed by atoms with Crippen molar-refractivity contribution >= 4 is 27.4 Å².